The molecule has 0 aromatic heterocycles. The molecule has 0 spiro atoms. The topological polar surface area (TPSA) is 49.4 Å². The number of alkyl halides is 3. The van der Waals surface area contributed by atoms with Gasteiger partial charge in [-0.15, -0.1) is 0 Å². The van der Waals surface area contributed by atoms with Crippen LogP contribution in [0.1, 0.15) is 17.5 Å². The fourth-order valence-electron chi connectivity index (χ4n) is 2.61. The van der Waals surface area contributed by atoms with E-state index in [0.717, 1.165) is 12.1 Å². The molecular formula is C14H19F3N2O2S. The number of sulfonamides is 1. The van der Waals surface area contributed by atoms with Gasteiger partial charge in [-0.1, -0.05) is 18.2 Å². The average Bonchev–Trinajstić information content (AvgIpc) is 2.94. The van der Waals surface area contributed by atoms with Gasteiger partial charge >= 0.3 is 6.18 Å². The van der Waals surface area contributed by atoms with Crippen molar-refractivity contribution in [1.29, 1.82) is 0 Å². The molecule has 1 aromatic carbocycles. The van der Waals surface area contributed by atoms with Gasteiger partial charge in [0, 0.05) is 13.1 Å². The molecule has 0 amide bonds. The maximum atomic E-state index is 12.6. The lowest BCUT2D eigenvalue weighted by Crippen LogP contribution is -2.34. The Labute approximate surface area is 128 Å². The van der Waals surface area contributed by atoms with E-state index >= 15 is 0 Å². The molecule has 22 heavy (non-hydrogen) atoms. The molecule has 0 radical (unpaired) electrons. The lowest BCUT2D eigenvalue weighted by Gasteiger charge is -2.16. The van der Waals surface area contributed by atoms with Gasteiger partial charge in [-0.2, -0.15) is 13.2 Å². The molecule has 4 nitrogen and oxygen atoms in total. The van der Waals surface area contributed by atoms with Crippen LogP contribution in [-0.4, -0.2) is 45.2 Å². The lowest BCUT2D eigenvalue weighted by molar-refractivity contribution is -0.137. The van der Waals surface area contributed by atoms with E-state index in [9.17, 15) is 21.6 Å². The molecule has 1 aliphatic heterocycles. The van der Waals surface area contributed by atoms with Crippen LogP contribution in [0.25, 0.3) is 0 Å². The van der Waals surface area contributed by atoms with Crippen LogP contribution >= 0.6 is 0 Å². The minimum absolute atomic E-state index is 0.419. The zero-order chi connectivity index (χ0) is 16.4. The van der Waals surface area contributed by atoms with Crippen LogP contribution in [0.2, 0.25) is 0 Å². The summed E-state index contributed by atoms with van der Waals surface area (Å²) in [6, 6.07) is 5.26. The van der Waals surface area contributed by atoms with Gasteiger partial charge in [0.2, 0.25) is 10.0 Å². The lowest BCUT2D eigenvalue weighted by atomic mass is 10.1. The molecule has 1 saturated heterocycles. The van der Waals surface area contributed by atoms with E-state index in [1.165, 1.54) is 13.1 Å². The van der Waals surface area contributed by atoms with Crippen molar-refractivity contribution in [3.63, 3.8) is 0 Å². The van der Waals surface area contributed by atoms with Crippen LogP contribution in [0.5, 0.6) is 0 Å². The third kappa shape index (κ3) is 4.21. The molecule has 124 valence electrons. The van der Waals surface area contributed by atoms with E-state index in [-0.39, 0.29) is 0 Å². The summed E-state index contributed by atoms with van der Waals surface area (Å²) >= 11 is 0. The molecule has 0 bridgehead atoms. The van der Waals surface area contributed by atoms with Crippen molar-refractivity contribution in [3.05, 3.63) is 35.4 Å². The van der Waals surface area contributed by atoms with Gasteiger partial charge in [-0.05, 0) is 38.1 Å². The van der Waals surface area contributed by atoms with Crippen molar-refractivity contribution in [3.8, 4) is 0 Å². The standard InChI is InChI=1S/C14H19F3N2O2S/c1-18-22(20,21)13-6-8-19(10-13)7-5-11-3-2-4-12(9-11)14(15,16)17/h2-4,9,13,18H,5-8,10H2,1H3. The van der Waals surface area contributed by atoms with Gasteiger partial charge in [0.15, 0.2) is 0 Å². The van der Waals surface area contributed by atoms with Crippen LogP contribution in [0, 0.1) is 0 Å². The SMILES string of the molecule is CNS(=O)(=O)C1CCN(CCc2cccc(C(F)(F)F)c2)C1. The molecule has 0 aliphatic carbocycles. The summed E-state index contributed by atoms with van der Waals surface area (Å²) in [5.41, 5.74) is -0.0446. The van der Waals surface area contributed by atoms with Crippen molar-refractivity contribution in [1.82, 2.24) is 9.62 Å². The highest BCUT2D eigenvalue weighted by molar-refractivity contribution is 7.90. The first-order valence-corrected chi connectivity index (χ1v) is 8.58. The number of benzene rings is 1. The highest BCUT2D eigenvalue weighted by Gasteiger charge is 2.32. The van der Waals surface area contributed by atoms with E-state index in [0.29, 0.717) is 38.0 Å². The normalized spacial score (nSPS) is 20.5. The van der Waals surface area contributed by atoms with Crippen molar-refractivity contribution in [2.45, 2.75) is 24.3 Å². The minimum Gasteiger partial charge on any atom is -0.302 e. The molecule has 8 heteroatoms. The van der Waals surface area contributed by atoms with Gasteiger partial charge < -0.3 is 4.90 Å². The second kappa shape index (κ2) is 6.55. The maximum Gasteiger partial charge on any atom is 0.416 e. The fourth-order valence-corrected chi connectivity index (χ4v) is 3.77. The molecule has 1 N–H and O–H groups in total. The third-order valence-electron chi connectivity index (χ3n) is 3.92. The van der Waals surface area contributed by atoms with E-state index < -0.39 is 27.0 Å². The third-order valence-corrected chi connectivity index (χ3v) is 5.75. The Morgan fingerprint density at radius 2 is 2.09 bits per heavy atom. The molecule has 1 heterocycles. The first-order valence-electron chi connectivity index (χ1n) is 7.03. The van der Waals surface area contributed by atoms with Gasteiger partial charge in [0.1, 0.15) is 0 Å². The molecule has 1 atom stereocenters. The zero-order valence-electron chi connectivity index (χ0n) is 12.2. The predicted octanol–water partition coefficient (Wildman–Crippen LogP) is 1.87. The first-order chi connectivity index (χ1) is 10.2. The molecule has 1 fully saturated rings. The van der Waals surface area contributed by atoms with Crippen LogP contribution in [0.4, 0.5) is 13.2 Å². The molecule has 1 aromatic rings. The Hall–Kier alpha value is -1.12. The number of hydrogen-bond acceptors (Lipinski definition) is 3. The first kappa shape index (κ1) is 17.2. The number of likely N-dealkylation sites (tertiary alicyclic amines) is 1. The molecular weight excluding hydrogens is 317 g/mol. The number of hydrogen-bond donors (Lipinski definition) is 1. The van der Waals surface area contributed by atoms with Gasteiger partial charge in [0.25, 0.3) is 0 Å². The van der Waals surface area contributed by atoms with E-state index in [2.05, 4.69) is 4.72 Å². The van der Waals surface area contributed by atoms with Crippen molar-refractivity contribution < 1.29 is 21.6 Å². The second-order valence-electron chi connectivity index (χ2n) is 5.41. The number of rotatable bonds is 5. The molecule has 0 saturated carbocycles. The number of halogens is 3. The van der Waals surface area contributed by atoms with Crippen LogP contribution < -0.4 is 4.72 Å². The van der Waals surface area contributed by atoms with E-state index in [1.807, 2.05) is 4.90 Å². The van der Waals surface area contributed by atoms with Gasteiger partial charge in [-0.25, -0.2) is 13.1 Å². The highest BCUT2D eigenvalue weighted by atomic mass is 32.2. The Balaban J connectivity index is 1.92. The molecule has 1 unspecified atom stereocenters. The minimum atomic E-state index is -4.34. The smallest absolute Gasteiger partial charge is 0.302 e. The molecule has 1 aliphatic rings. The Morgan fingerprint density at radius 3 is 2.73 bits per heavy atom. The van der Waals surface area contributed by atoms with Crippen molar-refractivity contribution in [2.75, 3.05) is 26.7 Å². The van der Waals surface area contributed by atoms with Crippen molar-refractivity contribution >= 4 is 10.0 Å². The van der Waals surface area contributed by atoms with E-state index in [1.54, 1.807) is 6.07 Å². The Kier molecular flexibility index (Phi) is 5.14. The monoisotopic (exact) mass is 336 g/mol. The predicted molar refractivity (Wildman–Crippen MR) is 78.0 cm³/mol. The number of nitrogens with one attached hydrogen (secondary N) is 1. The summed E-state index contributed by atoms with van der Waals surface area (Å²) in [5.74, 6) is 0. The largest absolute Gasteiger partial charge is 0.416 e. The van der Waals surface area contributed by atoms with Crippen LogP contribution in [-0.2, 0) is 22.6 Å². The van der Waals surface area contributed by atoms with Crippen LogP contribution in [0.3, 0.4) is 0 Å². The van der Waals surface area contributed by atoms with Gasteiger partial charge in [-0.3, -0.25) is 0 Å². The zero-order valence-corrected chi connectivity index (χ0v) is 13.0. The Morgan fingerprint density at radius 1 is 1.36 bits per heavy atom. The van der Waals surface area contributed by atoms with Crippen molar-refractivity contribution in [2.24, 2.45) is 0 Å². The summed E-state index contributed by atoms with van der Waals surface area (Å²) in [4.78, 5) is 1.97. The summed E-state index contributed by atoms with van der Waals surface area (Å²) in [6.45, 7) is 1.61. The maximum absolute atomic E-state index is 12.6. The number of nitrogens with zero attached hydrogens (tertiary/aromatic N) is 1. The summed E-state index contributed by atoms with van der Waals surface area (Å²) < 4.78 is 63.7. The van der Waals surface area contributed by atoms with Gasteiger partial charge in [0.05, 0.1) is 10.8 Å². The molecule has 2 rings (SSSR count). The van der Waals surface area contributed by atoms with Crippen LogP contribution in [0.15, 0.2) is 24.3 Å². The summed E-state index contributed by atoms with van der Waals surface area (Å²) in [5, 5.41) is -0.445. The quantitative estimate of drug-likeness (QED) is 0.893. The van der Waals surface area contributed by atoms with E-state index in [4.69, 9.17) is 0 Å². The highest BCUT2D eigenvalue weighted by Crippen LogP contribution is 2.29. The summed E-state index contributed by atoms with van der Waals surface area (Å²) in [6.07, 6.45) is -3.32. The Bertz CT molecular complexity index is 617. The fraction of sp³-hybridized carbons (Fsp3) is 0.571. The average molecular weight is 336 g/mol. The summed E-state index contributed by atoms with van der Waals surface area (Å²) in [7, 11) is -1.89. The second-order valence-corrected chi connectivity index (χ2v) is 7.57.